The van der Waals surface area contributed by atoms with Crippen LogP contribution in [0.15, 0.2) is 46.8 Å². The van der Waals surface area contributed by atoms with Crippen LogP contribution in [0.4, 0.5) is 0 Å². The third kappa shape index (κ3) is 6.75. The molecule has 4 heterocycles. The number of phosphoric acid groups is 1. The molecular weight excluding hydrogens is 531 g/mol. The van der Waals surface area contributed by atoms with Gasteiger partial charge in [0.25, 0.3) is 5.91 Å². The van der Waals surface area contributed by atoms with E-state index in [0.717, 1.165) is 30.4 Å². The van der Waals surface area contributed by atoms with Gasteiger partial charge in [0.1, 0.15) is 17.7 Å². The number of phosphoric ester groups is 1. The van der Waals surface area contributed by atoms with Crippen LogP contribution in [-0.4, -0.2) is 82.5 Å². The van der Waals surface area contributed by atoms with Crippen LogP contribution in [0.25, 0.3) is 11.5 Å². The summed E-state index contributed by atoms with van der Waals surface area (Å²) in [6.07, 6.45) is 12.9. The molecule has 1 unspecified atom stereocenters. The minimum Gasteiger partial charge on any atom is -0.444 e. The lowest BCUT2D eigenvalue weighted by atomic mass is 9.92. The Labute approximate surface area is 223 Å². The van der Waals surface area contributed by atoms with Crippen LogP contribution < -0.4 is 5.32 Å². The highest BCUT2D eigenvalue weighted by Crippen LogP contribution is 2.36. The second kappa shape index (κ2) is 11.7. The van der Waals surface area contributed by atoms with Gasteiger partial charge in [0.05, 0.1) is 36.6 Å². The summed E-state index contributed by atoms with van der Waals surface area (Å²) in [7, 11) is -4.64. The minimum absolute atomic E-state index is 0.0541. The van der Waals surface area contributed by atoms with E-state index in [2.05, 4.69) is 29.9 Å². The molecule has 1 amide bonds. The Bertz CT molecular complexity index is 1350. The second-order valence-corrected chi connectivity index (χ2v) is 10.4. The van der Waals surface area contributed by atoms with E-state index in [1.807, 2.05) is 11.9 Å². The van der Waals surface area contributed by atoms with Gasteiger partial charge in [0, 0.05) is 31.2 Å². The number of oxazole rings is 1. The highest BCUT2D eigenvalue weighted by Gasteiger charge is 2.36. The fourth-order valence-corrected chi connectivity index (χ4v) is 4.96. The zero-order valence-corrected chi connectivity index (χ0v) is 22.1. The molecule has 1 saturated carbocycles. The van der Waals surface area contributed by atoms with Crippen molar-refractivity contribution >= 4 is 19.4 Å². The number of hydrazone groups is 1. The molecule has 15 nitrogen and oxygen atoms in total. The van der Waals surface area contributed by atoms with Crippen molar-refractivity contribution in [3.8, 4) is 11.5 Å². The minimum atomic E-state index is -4.64. The molecule has 0 spiro atoms. The predicted molar refractivity (Wildman–Crippen MR) is 135 cm³/mol. The maximum atomic E-state index is 13.2. The first-order valence-corrected chi connectivity index (χ1v) is 14.0. The zero-order valence-electron chi connectivity index (χ0n) is 21.2. The topological polar surface area (TPSA) is 190 Å². The van der Waals surface area contributed by atoms with Crippen molar-refractivity contribution < 1.29 is 32.8 Å². The molecule has 0 radical (unpaired) electrons. The number of rotatable bonds is 10. The Hall–Kier alpha value is -3.49. The van der Waals surface area contributed by atoms with E-state index in [1.165, 1.54) is 18.7 Å². The van der Waals surface area contributed by atoms with Gasteiger partial charge >= 0.3 is 7.82 Å². The van der Waals surface area contributed by atoms with Gasteiger partial charge in [-0.05, 0) is 32.6 Å². The molecule has 3 aromatic heterocycles. The van der Waals surface area contributed by atoms with Gasteiger partial charge < -0.3 is 24.3 Å². The van der Waals surface area contributed by atoms with Gasteiger partial charge in [-0.25, -0.2) is 14.2 Å². The Morgan fingerprint density at radius 3 is 2.77 bits per heavy atom. The average Bonchev–Trinajstić information content (AvgIpc) is 3.68. The van der Waals surface area contributed by atoms with Crippen LogP contribution in [0.1, 0.15) is 48.8 Å². The van der Waals surface area contributed by atoms with E-state index in [4.69, 9.17) is 24.0 Å². The van der Waals surface area contributed by atoms with E-state index in [-0.39, 0.29) is 23.7 Å². The van der Waals surface area contributed by atoms with Crippen molar-refractivity contribution in [3.63, 3.8) is 0 Å². The van der Waals surface area contributed by atoms with Crippen LogP contribution >= 0.6 is 7.82 Å². The van der Waals surface area contributed by atoms with Crippen LogP contribution in [0.5, 0.6) is 0 Å². The van der Waals surface area contributed by atoms with E-state index in [9.17, 15) is 9.36 Å². The van der Waals surface area contributed by atoms with Crippen molar-refractivity contribution in [2.24, 2.45) is 5.10 Å². The normalized spacial score (nSPS) is 21.7. The van der Waals surface area contributed by atoms with E-state index in [1.54, 1.807) is 18.6 Å². The van der Waals surface area contributed by atoms with Gasteiger partial charge in [-0.3, -0.25) is 24.3 Å². The Morgan fingerprint density at radius 1 is 1.23 bits per heavy atom. The first-order chi connectivity index (χ1) is 18.8. The van der Waals surface area contributed by atoms with Crippen LogP contribution in [0.3, 0.4) is 0 Å². The summed E-state index contributed by atoms with van der Waals surface area (Å²) >= 11 is 0. The summed E-state index contributed by atoms with van der Waals surface area (Å²) in [6, 6.07) is -0.202. The third-order valence-corrected chi connectivity index (χ3v) is 6.96. The summed E-state index contributed by atoms with van der Waals surface area (Å²) in [5.41, 5.74) is 1.66. The highest BCUT2D eigenvalue weighted by molar-refractivity contribution is 7.46. The fourth-order valence-electron chi connectivity index (χ4n) is 4.70. The number of carbonyl (C=O) groups is 1. The van der Waals surface area contributed by atoms with Gasteiger partial charge in [-0.1, -0.05) is 0 Å². The van der Waals surface area contributed by atoms with Crippen LogP contribution in [0, 0.1) is 0 Å². The van der Waals surface area contributed by atoms with Gasteiger partial charge in [0.15, 0.2) is 12.4 Å². The summed E-state index contributed by atoms with van der Waals surface area (Å²) in [5.74, 6) is -0.338. The smallest absolute Gasteiger partial charge is 0.444 e. The molecule has 3 aromatic rings. The van der Waals surface area contributed by atoms with Crippen LogP contribution in [0.2, 0.25) is 0 Å². The van der Waals surface area contributed by atoms with E-state index in [0.29, 0.717) is 30.1 Å². The molecule has 208 valence electrons. The van der Waals surface area contributed by atoms with E-state index >= 15 is 0 Å². The van der Waals surface area contributed by atoms with Gasteiger partial charge in [-0.2, -0.15) is 10.2 Å². The standard InChI is InChI=1S/C23H29N8O7P/c1-2-36-17-5-3-16(4-6-17)31-12-19(21(29-31)18-10-24-7-8-25-18)27-22(32)20-13-37-23(28-20)15-9-26-30(11-15)14-38-39(33,34)35/h7-11,13,16-17,19H,2-6,12,14H2,1H3,(H,27,32)(H2,33,34,35). The summed E-state index contributed by atoms with van der Waals surface area (Å²) in [5, 5.41) is 13.8. The largest absolute Gasteiger partial charge is 0.471 e. The average molecular weight is 561 g/mol. The monoisotopic (exact) mass is 560 g/mol. The quantitative estimate of drug-likeness (QED) is 0.304. The number of nitrogens with one attached hydrogen (secondary N) is 1. The first-order valence-electron chi connectivity index (χ1n) is 12.5. The molecule has 2 aliphatic rings. The summed E-state index contributed by atoms with van der Waals surface area (Å²) in [4.78, 5) is 43.6. The maximum absolute atomic E-state index is 13.2. The molecule has 1 fully saturated rings. The predicted octanol–water partition coefficient (Wildman–Crippen LogP) is 1.56. The number of nitrogens with zero attached hydrogens (tertiary/aromatic N) is 7. The summed E-state index contributed by atoms with van der Waals surface area (Å²) in [6.45, 7) is 2.74. The number of amides is 1. The molecule has 5 rings (SSSR count). The summed E-state index contributed by atoms with van der Waals surface area (Å²) < 4.78 is 27.7. The lowest BCUT2D eigenvalue weighted by Gasteiger charge is -2.33. The number of hydrogen-bond acceptors (Lipinski definition) is 11. The second-order valence-electron chi connectivity index (χ2n) is 9.17. The molecular formula is C23H29N8O7P. The van der Waals surface area contributed by atoms with E-state index < -0.39 is 26.5 Å². The molecule has 1 atom stereocenters. The molecule has 16 heteroatoms. The Kier molecular flexibility index (Phi) is 8.14. The van der Waals surface area contributed by atoms with Crippen molar-refractivity contribution in [2.45, 2.75) is 57.5 Å². The molecule has 0 saturated heterocycles. The maximum Gasteiger partial charge on any atom is 0.471 e. The zero-order chi connectivity index (χ0) is 27.4. The molecule has 0 aromatic carbocycles. The van der Waals surface area contributed by atoms with Crippen LogP contribution in [-0.2, 0) is 20.6 Å². The number of hydrogen-bond donors (Lipinski definition) is 3. The first kappa shape index (κ1) is 27.1. The molecule has 39 heavy (non-hydrogen) atoms. The van der Waals surface area contributed by atoms with Gasteiger partial charge in [0.2, 0.25) is 5.89 Å². The Morgan fingerprint density at radius 2 is 2.05 bits per heavy atom. The van der Waals surface area contributed by atoms with Crippen molar-refractivity contribution in [1.82, 2.24) is 35.1 Å². The Balaban J connectivity index is 1.26. The van der Waals surface area contributed by atoms with Crippen molar-refractivity contribution in [1.29, 1.82) is 0 Å². The SMILES string of the molecule is CCOC1CCC(N2CC(NC(=O)c3coc(-c4cnn(COP(=O)(O)O)c4)n3)C(c3cnccn3)=N2)CC1. The molecule has 1 aliphatic heterocycles. The lowest BCUT2D eigenvalue weighted by molar-refractivity contribution is 0.0150. The number of ether oxygens (including phenoxy) is 1. The van der Waals surface area contributed by atoms with Crippen molar-refractivity contribution in [2.75, 3.05) is 13.2 Å². The molecule has 0 bridgehead atoms. The van der Waals surface area contributed by atoms with Crippen molar-refractivity contribution in [3.05, 3.63) is 48.6 Å². The molecule has 3 N–H and O–H groups in total. The highest BCUT2D eigenvalue weighted by atomic mass is 31.2. The fraction of sp³-hybridized carbons (Fsp3) is 0.478. The lowest BCUT2D eigenvalue weighted by Crippen LogP contribution is -2.45. The number of carbonyl (C=O) groups excluding carboxylic acids is 1. The van der Waals surface area contributed by atoms with Gasteiger partial charge in [-0.15, -0.1) is 0 Å². The number of aromatic nitrogens is 5. The third-order valence-electron chi connectivity index (χ3n) is 6.51. The molecule has 1 aliphatic carbocycles.